The van der Waals surface area contributed by atoms with Gasteiger partial charge in [-0.25, -0.2) is 0 Å². The van der Waals surface area contributed by atoms with Gasteiger partial charge in [-0.05, 0) is 61.2 Å². The predicted octanol–water partition coefficient (Wildman–Crippen LogP) is 2.94. The van der Waals surface area contributed by atoms with Gasteiger partial charge in [0.1, 0.15) is 6.04 Å². The summed E-state index contributed by atoms with van der Waals surface area (Å²) in [5.41, 5.74) is -0.326. The third kappa shape index (κ3) is 5.95. The molecule has 0 saturated carbocycles. The maximum Gasteiger partial charge on any atom is 0.416 e. The van der Waals surface area contributed by atoms with E-state index in [9.17, 15) is 27.6 Å². The largest absolute Gasteiger partial charge is 0.454 e. The molecule has 3 aliphatic rings. The maximum absolute atomic E-state index is 13.5. The molecule has 2 fully saturated rings. The molecule has 2 aromatic rings. The molecule has 1 N–H and O–H groups in total. The van der Waals surface area contributed by atoms with Crippen molar-refractivity contribution in [3.63, 3.8) is 0 Å². The van der Waals surface area contributed by atoms with E-state index in [0.717, 1.165) is 12.1 Å². The van der Waals surface area contributed by atoms with Gasteiger partial charge in [-0.3, -0.25) is 14.4 Å². The molecule has 1 unspecified atom stereocenters. The van der Waals surface area contributed by atoms with Crippen LogP contribution in [0.4, 0.5) is 13.2 Å². The van der Waals surface area contributed by atoms with Gasteiger partial charge in [-0.2, -0.15) is 13.2 Å². The second-order valence-corrected chi connectivity index (χ2v) is 9.66. The van der Waals surface area contributed by atoms with Gasteiger partial charge in [0, 0.05) is 37.3 Å². The van der Waals surface area contributed by atoms with Crippen LogP contribution in [0.5, 0.6) is 11.5 Å². The number of alkyl halides is 3. The van der Waals surface area contributed by atoms with Gasteiger partial charge in [0.05, 0.1) is 18.8 Å². The van der Waals surface area contributed by atoms with Crippen LogP contribution in [-0.2, 0) is 15.7 Å². The highest BCUT2D eigenvalue weighted by molar-refractivity contribution is 5.98. The van der Waals surface area contributed by atoms with E-state index in [1.807, 2.05) is 0 Å². The van der Waals surface area contributed by atoms with Gasteiger partial charge < -0.3 is 29.3 Å². The summed E-state index contributed by atoms with van der Waals surface area (Å²) in [7, 11) is 0. The summed E-state index contributed by atoms with van der Waals surface area (Å²) in [5.74, 6) is -0.257. The normalized spacial score (nSPS) is 18.5. The van der Waals surface area contributed by atoms with Crippen molar-refractivity contribution in [2.45, 2.75) is 25.1 Å². The molecule has 12 heteroatoms. The number of likely N-dealkylation sites (tertiary alicyclic amines) is 1. The minimum atomic E-state index is -4.48. The van der Waals surface area contributed by atoms with Crippen LogP contribution in [-0.4, -0.2) is 79.7 Å². The third-order valence-corrected chi connectivity index (χ3v) is 7.27. The second kappa shape index (κ2) is 11.1. The van der Waals surface area contributed by atoms with Crippen LogP contribution in [0.3, 0.4) is 0 Å². The number of halogens is 3. The van der Waals surface area contributed by atoms with Crippen LogP contribution in [0.2, 0.25) is 0 Å². The van der Waals surface area contributed by atoms with E-state index in [0.29, 0.717) is 69.3 Å². The summed E-state index contributed by atoms with van der Waals surface area (Å²) in [6.45, 7) is 2.33. The lowest BCUT2D eigenvalue weighted by atomic mass is 9.87. The van der Waals surface area contributed by atoms with Gasteiger partial charge in [0.15, 0.2) is 11.5 Å². The summed E-state index contributed by atoms with van der Waals surface area (Å²) in [6, 6.07) is 8.13. The number of ether oxygens (including phenoxy) is 3. The summed E-state index contributed by atoms with van der Waals surface area (Å²) in [4.78, 5) is 42.9. The van der Waals surface area contributed by atoms with E-state index in [2.05, 4.69) is 5.32 Å². The molecule has 2 saturated heterocycles. The number of hydrogen-bond donors (Lipinski definition) is 1. The van der Waals surface area contributed by atoms with Crippen molar-refractivity contribution in [2.24, 2.45) is 5.92 Å². The van der Waals surface area contributed by atoms with E-state index in [1.165, 1.54) is 12.1 Å². The van der Waals surface area contributed by atoms with Crippen LogP contribution in [0.1, 0.15) is 39.1 Å². The van der Waals surface area contributed by atoms with Crippen molar-refractivity contribution in [1.29, 1.82) is 0 Å². The average Bonchev–Trinajstić information content (AvgIpc) is 3.43. The molecule has 1 atom stereocenters. The average molecular weight is 548 g/mol. The van der Waals surface area contributed by atoms with Crippen LogP contribution in [0.25, 0.3) is 0 Å². The topological polar surface area (TPSA) is 97.4 Å². The minimum Gasteiger partial charge on any atom is -0.454 e. The molecule has 3 aliphatic heterocycles. The van der Waals surface area contributed by atoms with Gasteiger partial charge in [0.2, 0.25) is 12.7 Å². The lowest BCUT2D eigenvalue weighted by molar-refractivity contribution is -0.139. The Morgan fingerprint density at radius 2 is 1.49 bits per heavy atom. The fourth-order valence-electron chi connectivity index (χ4n) is 5.04. The van der Waals surface area contributed by atoms with Crippen molar-refractivity contribution < 1.29 is 41.8 Å². The molecule has 0 radical (unpaired) electrons. The Labute approximate surface area is 222 Å². The Balaban J connectivity index is 1.27. The third-order valence-electron chi connectivity index (χ3n) is 7.27. The first kappa shape index (κ1) is 26.8. The Bertz CT molecular complexity index is 1220. The second-order valence-electron chi connectivity index (χ2n) is 9.66. The van der Waals surface area contributed by atoms with Crippen molar-refractivity contribution >= 4 is 17.7 Å². The Kier molecular flexibility index (Phi) is 7.65. The maximum atomic E-state index is 13.5. The molecule has 2 aromatic carbocycles. The number of fused-ring (bicyclic) bond motifs is 1. The molecule has 9 nitrogen and oxygen atoms in total. The molecule has 0 aromatic heterocycles. The lowest BCUT2D eigenvalue weighted by Crippen LogP contribution is -2.56. The van der Waals surface area contributed by atoms with Crippen LogP contribution >= 0.6 is 0 Å². The quantitative estimate of drug-likeness (QED) is 0.619. The van der Waals surface area contributed by atoms with Crippen LogP contribution in [0.15, 0.2) is 42.5 Å². The standard InChI is InChI=1S/C27H28F3N3O6/c28-27(29,30)20-4-1-18(2-5-20)25(35)32-9-7-17(8-10-32)23(26(36)33-11-13-37-14-12-33)31-24(34)19-3-6-21-22(15-19)39-16-38-21/h1-6,15,17,23H,7-14,16H2,(H,31,34). The summed E-state index contributed by atoms with van der Waals surface area (Å²) in [6.07, 6.45) is -3.60. The Morgan fingerprint density at radius 1 is 0.846 bits per heavy atom. The summed E-state index contributed by atoms with van der Waals surface area (Å²) < 4.78 is 54.7. The SMILES string of the molecule is O=C(NC(C(=O)N1CCOCC1)C1CCN(C(=O)c2ccc(C(F)(F)F)cc2)CC1)c1ccc2c(c1)OCO2. The number of hydrogen-bond acceptors (Lipinski definition) is 6. The molecule has 3 amide bonds. The van der Waals surface area contributed by atoms with E-state index in [4.69, 9.17) is 14.2 Å². The molecule has 0 aliphatic carbocycles. The van der Waals surface area contributed by atoms with Crippen molar-refractivity contribution in [1.82, 2.24) is 15.1 Å². The molecular weight excluding hydrogens is 519 g/mol. The molecular formula is C27H28F3N3O6. The van der Waals surface area contributed by atoms with Gasteiger partial charge >= 0.3 is 6.18 Å². The zero-order valence-electron chi connectivity index (χ0n) is 21.0. The number of nitrogens with one attached hydrogen (secondary N) is 1. The zero-order valence-corrected chi connectivity index (χ0v) is 21.0. The van der Waals surface area contributed by atoms with Gasteiger partial charge in [-0.1, -0.05) is 0 Å². The molecule has 39 heavy (non-hydrogen) atoms. The van der Waals surface area contributed by atoms with E-state index >= 15 is 0 Å². The number of carbonyl (C=O) groups excluding carboxylic acids is 3. The van der Waals surface area contributed by atoms with E-state index in [-0.39, 0.29) is 30.1 Å². The number of benzene rings is 2. The Hall–Kier alpha value is -3.80. The molecule has 0 spiro atoms. The Morgan fingerprint density at radius 3 is 2.15 bits per heavy atom. The fourth-order valence-corrected chi connectivity index (χ4v) is 5.04. The highest BCUT2D eigenvalue weighted by atomic mass is 19.4. The fraction of sp³-hybridized carbons (Fsp3) is 0.444. The summed E-state index contributed by atoms with van der Waals surface area (Å²) >= 11 is 0. The monoisotopic (exact) mass is 547 g/mol. The first-order valence-electron chi connectivity index (χ1n) is 12.7. The smallest absolute Gasteiger partial charge is 0.416 e. The van der Waals surface area contributed by atoms with Gasteiger partial charge in [0.25, 0.3) is 11.8 Å². The lowest BCUT2D eigenvalue weighted by Gasteiger charge is -2.38. The molecule has 5 rings (SSSR count). The zero-order chi connectivity index (χ0) is 27.6. The molecule has 0 bridgehead atoms. The van der Waals surface area contributed by atoms with Crippen LogP contribution < -0.4 is 14.8 Å². The van der Waals surface area contributed by atoms with Crippen molar-refractivity contribution in [3.8, 4) is 11.5 Å². The number of piperidine rings is 1. The summed E-state index contributed by atoms with van der Waals surface area (Å²) in [5, 5.41) is 2.91. The predicted molar refractivity (Wildman–Crippen MR) is 131 cm³/mol. The number of amides is 3. The van der Waals surface area contributed by atoms with Crippen molar-refractivity contribution in [2.75, 3.05) is 46.2 Å². The molecule has 3 heterocycles. The number of nitrogens with zero attached hydrogens (tertiary/aromatic N) is 2. The van der Waals surface area contributed by atoms with Crippen molar-refractivity contribution in [3.05, 3.63) is 59.2 Å². The minimum absolute atomic E-state index is 0.0717. The number of carbonyl (C=O) groups is 3. The highest BCUT2D eigenvalue weighted by Gasteiger charge is 2.37. The first-order valence-corrected chi connectivity index (χ1v) is 12.7. The first-order chi connectivity index (χ1) is 18.7. The van der Waals surface area contributed by atoms with Gasteiger partial charge in [-0.15, -0.1) is 0 Å². The number of rotatable bonds is 5. The van der Waals surface area contributed by atoms with E-state index < -0.39 is 23.7 Å². The molecule has 208 valence electrons. The highest BCUT2D eigenvalue weighted by Crippen LogP contribution is 2.33. The number of morpholine rings is 1. The van der Waals surface area contributed by atoms with Crippen LogP contribution in [0, 0.1) is 5.92 Å². The van der Waals surface area contributed by atoms with E-state index in [1.54, 1.807) is 28.0 Å².